The van der Waals surface area contributed by atoms with E-state index in [0.29, 0.717) is 16.4 Å². The van der Waals surface area contributed by atoms with E-state index in [0.717, 1.165) is 11.1 Å². The average Bonchev–Trinajstić information content (AvgIpc) is 2.67. The topological polar surface area (TPSA) is 109 Å². The molecule has 4 N–H and O–H groups in total. The van der Waals surface area contributed by atoms with Crippen molar-refractivity contribution < 1.29 is 20.4 Å². The molecule has 7 nitrogen and oxygen atoms in total. The van der Waals surface area contributed by atoms with Gasteiger partial charge in [-0.05, 0) is 61.4 Å². The van der Waals surface area contributed by atoms with Crippen LogP contribution in [0.2, 0.25) is 5.02 Å². The van der Waals surface area contributed by atoms with Crippen molar-refractivity contribution in [2.45, 2.75) is 32.2 Å². The molecule has 0 radical (unpaired) electrons. The van der Waals surface area contributed by atoms with Gasteiger partial charge < -0.3 is 20.4 Å². The molecule has 0 fully saturated rings. The van der Waals surface area contributed by atoms with E-state index in [4.69, 9.17) is 16.7 Å². The summed E-state index contributed by atoms with van der Waals surface area (Å²) in [5, 5.41) is 49.0. The summed E-state index contributed by atoms with van der Waals surface area (Å²) in [4.78, 5) is 0. The summed E-state index contributed by atoms with van der Waals surface area (Å²) in [5.41, 5.74) is 3.37. The van der Waals surface area contributed by atoms with Crippen LogP contribution in [0.3, 0.4) is 0 Å². The van der Waals surface area contributed by atoms with Gasteiger partial charge in [-0.25, -0.2) is 5.01 Å². The van der Waals surface area contributed by atoms with Crippen molar-refractivity contribution in [1.82, 2.24) is 0 Å². The third-order valence-electron chi connectivity index (χ3n) is 4.22. The molecule has 0 aromatic heterocycles. The van der Waals surface area contributed by atoms with E-state index in [-0.39, 0.29) is 6.54 Å². The Balaban J connectivity index is 2.27. The van der Waals surface area contributed by atoms with Gasteiger partial charge >= 0.3 is 0 Å². The van der Waals surface area contributed by atoms with Crippen molar-refractivity contribution in [3.63, 3.8) is 0 Å². The smallest absolute Gasteiger partial charge is 0.110 e. The van der Waals surface area contributed by atoms with Crippen molar-refractivity contribution in [1.29, 1.82) is 0 Å². The molecular weight excluding hydrogens is 370 g/mol. The van der Waals surface area contributed by atoms with Crippen LogP contribution >= 0.6 is 11.6 Å². The second-order valence-electron chi connectivity index (χ2n) is 6.32. The van der Waals surface area contributed by atoms with Gasteiger partial charge in [-0.15, -0.1) is 5.11 Å². The molecule has 0 aliphatic rings. The number of rotatable bonds is 8. The number of aryl methyl sites for hydroxylation is 2. The Morgan fingerprint density at radius 1 is 0.963 bits per heavy atom. The molecule has 2 aromatic rings. The lowest BCUT2D eigenvalue weighted by Crippen LogP contribution is -2.44. The van der Waals surface area contributed by atoms with Gasteiger partial charge in [0.2, 0.25) is 0 Å². The van der Waals surface area contributed by atoms with Crippen molar-refractivity contribution >= 4 is 23.0 Å². The van der Waals surface area contributed by atoms with Gasteiger partial charge in [0.15, 0.2) is 0 Å². The molecule has 0 saturated carbocycles. The van der Waals surface area contributed by atoms with Gasteiger partial charge in [0, 0.05) is 5.02 Å². The molecule has 3 atom stereocenters. The van der Waals surface area contributed by atoms with Crippen molar-refractivity contribution in [3.05, 3.63) is 58.6 Å². The molecule has 0 saturated heterocycles. The Kier molecular flexibility index (Phi) is 7.70. The minimum absolute atomic E-state index is 0.127. The number of hydrogen-bond donors (Lipinski definition) is 4. The van der Waals surface area contributed by atoms with Gasteiger partial charge in [0.05, 0.1) is 24.5 Å². The molecule has 2 aromatic carbocycles. The molecule has 27 heavy (non-hydrogen) atoms. The maximum Gasteiger partial charge on any atom is 0.110 e. The van der Waals surface area contributed by atoms with Crippen LogP contribution in [0, 0.1) is 13.8 Å². The lowest BCUT2D eigenvalue weighted by molar-refractivity contribution is -0.0732. The second kappa shape index (κ2) is 9.77. The van der Waals surface area contributed by atoms with Gasteiger partial charge in [-0.2, -0.15) is 0 Å². The van der Waals surface area contributed by atoms with Crippen molar-refractivity contribution in [2.24, 2.45) is 10.3 Å². The van der Waals surface area contributed by atoms with Crippen LogP contribution in [0.1, 0.15) is 11.1 Å². The summed E-state index contributed by atoms with van der Waals surface area (Å²) in [6, 6.07) is 12.4. The maximum absolute atomic E-state index is 10.2. The normalized spacial score (nSPS) is 14.9. The Morgan fingerprint density at radius 2 is 1.63 bits per heavy atom. The number of aliphatic hydroxyl groups is 4. The highest BCUT2D eigenvalue weighted by Crippen LogP contribution is 2.23. The van der Waals surface area contributed by atoms with Gasteiger partial charge in [-0.1, -0.05) is 22.9 Å². The predicted octanol–water partition coefficient (Wildman–Crippen LogP) is 2.54. The average molecular weight is 394 g/mol. The van der Waals surface area contributed by atoms with Crippen LogP contribution in [0.4, 0.5) is 11.4 Å². The molecule has 146 valence electrons. The van der Waals surface area contributed by atoms with Crippen LogP contribution in [0.5, 0.6) is 0 Å². The first-order chi connectivity index (χ1) is 12.8. The van der Waals surface area contributed by atoms with E-state index >= 15 is 0 Å². The lowest BCUT2D eigenvalue weighted by Gasteiger charge is -2.26. The first kappa shape index (κ1) is 21.3. The predicted molar refractivity (Wildman–Crippen MR) is 104 cm³/mol. The van der Waals surface area contributed by atoms with Crippen LogP contribution in [0.25, 0.3) is 0 Å². The van der Waals surface area contributed by atoms with E-state index in [9.17, 15) is 15.3 Å². The fourth-order valence-electron chi connectivity index (χ4n) is 2.34. The fourth-order valence-corrected chi connectivity index (χ4v) is 2.47. The Hall–Kier alpha value is -2.03. The quantitative estimate of drug-likeness (QED) is 0.407. The van der Waals surface area contributed by atoms with Crippen LogP contribution < -0.4 is 5.01 Å². The Bertz CT molecular complexity index is 770. The van der Waals surface area contributed by atoms with Crippen LogP contribution in [0.15, 0.2) is 52.8 Å². The summed E-state index contributed by atoms with van der Waals surface area (Å²) in [5.74, 6) is 0. The molecule has 2 rings (SSSR count). The summed E-state index contributed by atoms with van der Waals surface area (Å²) in [6.07, 6.45) is -4.32. The molecule has 0 aliphatic heterocycles. The minimum Gasteiger partial charge on any atom is -0.394 e. The highest BCUT2D eigenvalue weighted by atomic mass is 35.5. The Labute approximate surface area is 163 Å². The lowest BCUT2D eigenvalue weighted by atomic mass is 10.1. The third kappa shape index (κ3) is 5.98. The molecule has 0 bridgehead atoms. The van der Waals surface area contributed by atoms with Gasteiger partial charge in [0.1, 0.15) is 18.3 Å². The SMILES string of the molecule is Cc1ccc(N(C[C@H](O)[C@@H](O)[C@H](O)CO)N=Nc2ccc(Cl)cc2)cc1C. The first-order valence-electron chi connectivity index (χ1n) is 8.49. The minimum atomic E-state index is -1.52. The molecule has 8 heteroatoms. The zero-order chi connectivity index (χ0) is 20.0. The molecule has 0 aliphatic carbocycles. The van der Waals surface area contributed by atoms with Crippen LogP contribution in [-0.2, 0) is 0 Å². The van der Waals surface area contributed by atoms with Crippen molar-refractivity contribution in [3.8, 4) is 0 Å². The summed E-state index contributed by atoms with van der Waals surface area (Å²) < 4.78 is 0. The molecule has 0 unspecified atom stereocenters. The number of aliphatic hydroxyl groups excluding tert-OH is 4. The monoisotopic (exact) mass is 393 g/mol. The Morgan fingerprint density at radius 3 is 2.22 bits per heavy atom. The zero-order valence-corrected chi connectivity index (χ0v) is 16.0. The fraction of sp³-hybridized carbons (Fsp3) is 0.368. The molecule has 0 heterocycles. The zero-order valence-electron chi connectivity index (χ0n) is 15.2. The van der Waals surface area contributed by atoms with Gasteiger partial charge in [-0.3, -0.25) is 0 Å². The summed E-state index contributed by atoms with van der Waals surface area (Å²) in [6.45, 7) is 3.15. The maximum atomic E-state index is 10.2. The first-order valence-corrected chi connectivity index (χ1v) is 8.86. The second-order valence-corrected chi connectivity index (χ2v) is 6.76. The number of benzene rings is 2. The molecule has 0 amide bonds. The van der Waals surface area contributed by atoms with E-state index in [1.54, 1.807) is 24.3 Å². The number of hydrogen-bond acceptors (Lipinski definition) is 6. The summed E-state index contributed by atoms with van der Waals surface area (Å²) >= 11 is 5.86. The van der Waals surface area contributed by atoms with Crippen LogP contribution in [-0.4, -0.2) is 51.9 Å². The largest absolute Gasteiger partial charge is 0.394 e. The number of nitrogens with zero attached hydrogens (tertiary/aromatic N) is 3. The number of halogens is 1. The van der Waals surface area contributed by atoms with E-state index < -0.39 is 24.9 Å². The van der Waals surface area contributed by atoms with Crippen molar-refractivity contribution in [2.75, 3.05) is 18.2 Å². The van der Waals surface area contributed by atoms with E-state index in [2.05, 4.69) is 10.3 Å². The molecule has 0 spiro atoms. The highest BCUT2D eigenvalue weighted by Gasteiger charge is 2.26. The standard InChI is InChI=1S/C19H24ClN3O4/c1-12-3-8-16(9-13(12)2)23(10-17(25)19(27)18(26)11-24)22-21-15-6-4-14(20)5-7-15/h3-9,17-19,24-27H,10-11H2,1-2H3/t17-,18+,19+/m0/s1. The number of anilines is 1. The highest BCUT2D eigenvalue weighted by molar-refractivity contribution is 6.30. The third-order valence-corrected chi connectivity index (χ3v) is 4.47. The molecular formula is C19H24ClN3O4. The van der Waals surface area contributed by atoms with E-state index in [1.165, 1.54) is 5.01 Å². The van der Waals surface area contributed by atoms with E-state index in [1.807, 2.05) is 32.0 Å². The summed E-state index contributed by atoms with van der Waals surface area (Å²) in [7, 11) is 0. The van der Waals surface area contributed by atoms with Gasteiger partial charge in [0.25, 0.3) is 0 Å².